The molecule has 3 heterocycles. The Labute approximate surface area is 124 Å². The second-order valence-corrected chi connectivity index (χ2v) is 5.56. The SMILES string of the molecule is Cc1noc([C@H]2CN(c3ncc(C)c(C)n3)CCN2C)n1. The number of nitrogens with zero attached hydrogens (tertiary/aromatic N) is 6. The van der Waals surface area contributed by atoms with Crippen molar-refractivity contribution in [3.05, 3.63) is 29.2 Å². The maximum Gasteiger partial charge on any atom is 0.245 e. The molecule has 0 aromatic carbocycles. The molecule has 0 N–H and O–H groups in total. The lowest BCUT2D eigenvalue weighted by Gasteiger charge is -2.37. The molecule has 1 aliphatic rings. The molecule has 2 aromatic heterocycles. The molecule has 1 atom stereocenters. The van der Waals surface area contributed by atoms with Crippen molar-refractivity contribution >= 4 is 5.95 Å². The Hall–Kier alpha value is -2.02. The summed E-state index contributed by atoms with van der Waals surface area (Å²) in [7, 11) is 2.07. The summed E-state index contributed by atoms with van der Waals surface area (Å²) in [4.78, 5) is 17.8. The molecule has 0 saturated carbocycles. The second kappa shape index (κ2) is 5.40. The van der Waals surface area contributed by atoms with Gasteiger partial charge in [0.1, 0.15) is 6.04 Å². The van der Waals surface area contributed by atoms with Gasteiger partial charge in [-0.15, -0.1) is 0 Å². The molecule has 0 bridgehead atoms. The first-order valence-corrected chi connectivity index (χ1v) is 7.10. The van der Waals surface area contributed by atoms with E-state index in [9.17, 15) is 0 Å². The largest absolute Gasteiger partial charge is 0.338 e. The van der Waals surface area contributed by atoms with Crippen LogP contribution >= 0.6 is 0 Å². The first-order chi connectivity index (χ1) is 10.0. The van der Waals surface area contributed by atoms with Crippen LogP contribution in [-0.4, -0.2) is 51.7 Å². The third kappa shape index (κ3) is 2.73. The molecule has 0 radical (unpaired) electrons. The Morgan fingerprint density at radius 2 is 2.00 bits per heavy atom. The van der Waals surface area contributed by atoms with E-state index in [0.29, 0.717) is 11.7 Å². The van der Waals surface area contributed by atoms with Gasteiger partial charge in [-0.3, -0.25) is 4.90 Å². The van der Waals surface area contributed by atoms with E-state index in [2.05, 4.69) is 37.0 Å². The van der Waals surface area contributed by atoms with Crippen LogP contribution in [0.15, 0.2) is 10.7 Å². The molecule has 2 aromatic rings. The highest BCUT2D eigenvalue weighted by Gasteiger charge is 2.31. The Balaban J connectivity index is 1.83. The zero-order valence-corrected chi connectivity index (χ0v) is 12.9. The lowest BCUT2D eigenvalue weighted by Crippen LogP contribution is -2.47. The highest BCUT2D eigenvalue weighted by Crippen LogP contribution is 2.25. The van der Waals surface area contributed by atoms with E-state index < -0.39 is 0 Å². The summed E-state index contributed by atoms with van der Waals surface area (Å²) in [5.41, 5.74) is 2.13. The molecule has 21 heavy (non-hydrogen) atoms. The van der Waals surface area contributed by atoms with Gasteiger partial charge in [0.2, 0.25) is 11.8 Å². The van der Waals surface area contributed by atoms with E-state index in [0.717, 1.165) is 36.8 Å². The molecule has 0 unspecified atom stereocenters. The topological polar surface area (TPSA) is 71.2 Å². The maximum atomic E-state index is 5.33. The Morgan fingerprint density at radius 3 is 2.67 bits per heavy atom. The summed E-state index contributed by atoms with van der Waals surface area (Å²) < 4.78 is 5.33. The molecule has 7 heteroatoms. The minimum Gasteiger partial charge on any atom is -0.338 e. The average Bonchev–Trinajstić information content (AvgIpc) is 2.89. The molecular weight excluding hydrogens is 268 g/mol. The second-order valence-electron chi connectivity index (χ2n) is 5.56. The maximum absolute atomic E-state index is 5.33. The van der Waals surface area contributed by atoms with Crippen molar-refractivity contribution < 1.29 is 4.52 Å². The van der Waals surface area contributed by atoms with Crippen molar-refractivity contribution in [3.63, 3.8) is 0 Å². The van der Waals surface area contributed by atoms with Gasteiger partial charge in [-0.2, -0.15) is 4.98 Å². The van der Waals surface area contributed by atoms with Gasteiger partial charge in [0.05, 0.1) is 0 Å². The highest BCUT2D eigenvalue weighted by molar-refractivity contribution is 5.34. The standard InChI is InChI=1S/C14H20N6O/c1-9-7-15-14(16-10(9)2)20-6-5-19(4)12(8-20)13-17-11(3)18-21-13/h7,12H,5-6,8H2,1-4H3/t12-/m1/s1. The molecular formula is C14H20N6O. The number of aryl methyl sites for hydroxylation is 3. The number of rotatable bonds is 2. The Morgan fingerprint density at radius 1 is 1.19 bits per heavy atom. The number of likely N-dealkylation sites (N-methyl/N-ethyl adjacent to an activating group) is 1. The first-order valence-electron chi connectivity index (χ1n) is 7.10. The van der Waals surface area contributed by atoms with Crippen LogP contribution in [0.2, 0.25) is 0 Å². The van der Waals surface area contributed by atoms with Gasteiger partial charge >= 0.3 is 0 Å². The minimum absolute atomic E-state index is 0.0742. The smallest absolute Gasteiger partial charge is 0.245 e. The van der Waals surface area contributed by atoms with Gasteiger partial charge in [0.25, 0.3) is 0 Å². The Bertz CT molecular complexity index is 640. The van der Waals surface area contributed by atoms with Crippen LogP contribution in [-0.2, 0) is 0 Å². The fourth-order valence-corrected chi connectivity index (χ4v) is 2.44. The number of hydrogen-bond acceptors (Lipinski definition) is 7. The normalized spacial score (nSPS) is 20.0. The summed E-state index contributed by atoms with van der Waals surface area (Å²) in [5.74, 6) is 2.09. The molecule has 0 spiro atoms. The van der Waals surface area contributed by atoms with E-state index in [1.165, 1.54) is 0 Å². The van der Waals surface area contributed by atoms with Crippen LogP contribution < -0.4 is 4.90 Å². The average molecular weight is 288 g/mol. The van der Waals surface area contributed by atoms with E-state index in [-0.39, 0.29) is 6.04 Å². The lowest BCUT2D eigenvalue weighted by atomic mass is 10.2. The van der Waals surface area contributed by atoms with Crippen molar-refractivity contribution in [2.24, 2.45) is 0 Å². The van der Waals surface area contributed by atoms with Gasteiger partial charge in [0.15, 0.2) is 5.82 Å². The fraction of sp³-hybridized carbons (Fsp3) is 0.571. The summed E-state index contributed by atoms with van der Waals surface area (Å²) >= 11 is 0. The number of aromatic nitrogens is 4. The number of anilines is 1. The van der Waals surface area contributed by atoms with E-state index >= 15 is 0 Å². The summed E-state index contributed by atoms with van der Waals surface area (Å²) in [6, 6.07) is 0.0742. The molecule has 1 saturated heterocycles. The molecule has 7 nitrogen and oxygen atoms in total. The quantitative estimate of drug-likeness (QED) is 0.824. The van der Waals surface area contributed by atoms with E-state index in [1.807, 2.05) is 27.0 Å². The zero-order valence-electron chi connectivity index (χ0n) is 12.9. The summed E-state index contributed by atoms with van der Waals surface area (Å²) in [6.45, 7) is 8.41. The fourth-order valence-electron chi connectivity index (χ4n) is 2.44. The summed E-state index contributed by atoms with van der Waals surface area (Å²) in [5, 5.41) is 3.89. The molecule has 1 fully saturated rings. The van der Waals surface area contributed by atoms with Crippen LogP contribution in [0.1, 0.15) is 29.0 Å². The van der Waals surface area contributed by atoms with E-state index in [1.54, 1.807) is 0 Å². The van der Waals surface area contributed by atoms with Crippen LogP contribution in [0.3, 0.4) is 0 Å². The zero-order chi connectivity index (χ0) is 15.0. The predicted octanol–water partition coefficient (Wildman–Crippen LogP) is 1.28. The van der Waals surface area contributed by atoms with Crippen molar-refractivity contribution in [2.75, 3.05) is 31.6 Å². The lowest BCUT2D eigenvalue weighted by molar-refractivity contribution is 0.177. The highest BCUT2D eigenvalue weighted by atomic mass is 16.5. The minimum atomic E-state index is 0.0742. The van der Waals surface area contributed by atoms with Crippen molar-refractivity contribution in [2.45, 2.75) is 26.8 Å². The van der Waals surface area contributed by atoms with Gasteiger partial charge in [0, 0.05) is 31.5 Å². The monoisotopic (exact) mass is 288 g/mol. The van der Waals surface area contributed by atoms with Crippen molar-refractivity contribution in [1.82, 2.24) is 25.0 Å². The molecule has 112 valence electrons. The van der Waals surface area contributed by atoms with Crippen LogP contribution in [0.4, 0.5) is 5.95 Å². The number of piperazine rings is 1. The van der Waals surface area contributed by atoms with Crippen LogP contribution in [0.25, 0.3) is 0 Å². The van der Waals surface area contributed by atoms with Crippen molar-refractivity contribution in [3.8, 4) is 0 Å². The Kier molecular flexibility index (Phi) is 3.59. The van der Waals surface area contributed by atoms with Crippen LogP contribution in [0.5, 0.6) is 0 Å². The van der Waals surface area contributed by atoms with Gasteiger partial charge in [-0.25, -0.2) is 9.97 Å². The van der Waals surface area contributed by atoms with Crippen molar-refractivity contribution in [1.29, 1.82) is 0 Å². The first kappa shape index (κ1) is 13.9. The third-order valence-corrected chi connectivity index (χ3v) is 3.97. The van der Waals surface area contributed by atoms with Gasteiger partial charge in [-0.1, -0.05) is 5.16 Å². The predicted molar refractivity (Wildman–Crippen MR) is 78.1 cm³/mol. The van der Waals surface area contributed by atoms with Crippen LogP contribution in [0, 0.1) is 20.8 Å². The molecule has 3 rings (SSSR count). The summed E-state index contributed by atoms with van der Waals surface area (Å²) in [6.07, 6.45) is 1.88. The molecule has 0 amide bonds. The van der Waals surface area contributed by atoms with E-state index in [4.69, 9.17) is 4.52 Å². The van der Waals surface area contributed by atoms with Gasteiger partial charge < -0.3 is 9.42 Å². The molecule has 1 aliphatic heterocycles. The number of hydrogen-bond donors (Lipinski definition) is 0. The molecule has 0 aliphatic carbocycles. The third-order valence-electron chi connectivity index (χ3n) is 3.97. The van der Waals surface area contributed by atoms with Gasteiger partial charge in [-0.05, 0) is 33.4 Å².